The Bertz CT molecular complexity index is 189. The molecule has 0 bridgehead atoms. The Hall–Kier alpha value is -0.550. The summed E-state index contributed by atoms with van der Waals surface area (Å²) < 4.78 is 0. The fourth-order valence-electron chi connectivity index (χ4n) is 1.82. The number of nitrogens with zero attached hydrogens (tertiary/aromatic N) is 1. The first-order chi connectivity index (χ1) is 6.22. The average Bonchev–Trinajstić information content (AvgIpc) is 2.84. The van der Waals surface area contributed by atoms with Gasteiger partial charge in [-0.05, 0) is 31.6 Å². The average molecular weight is 180 g/mol. The van der Waals surface area contributed by atoms with Crippen LogP contribution in [-0.4, -0.2) is 12.6 Å². The zero-order valence-corrected chi connectivity index (χ0v) is 8.77. The summed E-state index contributed by atoms with van der Waals surface area (Å²) in [5.74, 6) is 0. The van der Waals surface area contributed by atoms with Gasteiger partial charge in [-0.15, -0.1) is 0 Å². The summed E-state index contributed by atoms with van der Waals surface area (Å²) in [7, 11) is 0. The highest BCUT2D eigenvalue weighted by atomic mass is 14.9. The van der Waals surface area contributed by atoms with Gasteiger partial charge in [-0.25, -0.2) is 0 Å². The Morgan fingerprint density at radius 2 is 2.23 bits per heavy atom. The van der Waals surface area contributed by atoms with Crippen LogP contribution in [0.1, 0.15) is 46.0 Å². The fourth-order valence-corrected chi connectivity index (χ4v) is 1.82. The van der Waals surface area contributed by atoms with E-state index in [1.54, 1.807) is 0 Å². The lowest BCUT2D eigenvalue weighted by atomic mass is 10.0. The molecular weight excluding hydrogens is 160 g/mol. The molecule has 74 valence electrons. The molecule has 0 radical (unpaired) electrons. The van der Waals surface area contributed by atoms with E-state index < -0.39 is 0 Å². The van der Waals surface area contributed by atoms with Crippen molar-refractivity contribution in [2.45, 2.75) is 52.0 Å². The summed E-state index contributed by atoms with van der Waals surface area (Å²) >= 11 is 0. The van der Waals surface area contributed by atoms with E-state index in [0.717, 1.165) is 6.54 Å². The molecule has 2 heteroatoms. The van der Waals surface area contributed by atoms with Crippen molar-refractivity contribution in [1.82, 2.24) is 5.32 Å². The lowest BCUT2D eigenvalue weighted by Crippen LogP contribution is -2.31. The van der Waals surface area contributed by atoms with E-state index in [2.05, 4.69) is 25.2 Å². The normalized spacial score (nSPS) is 20.7. The highest BCUT2D eigenvalue weighted by Crippen LogP contribution is 2.48. The van der Waals surface area contributed by atoms with Gasteiger partial charge in [0, 0.05) is 12.6 Å². The smallest absolute Gasteiger partial charge is 0.0638 e. The van der Waals surface area contributed by atoms with Crippen LogP contribution < -0.4 is 5.32 Å². The summed E-state index contributed by atoms with van der Waals surface area (Å²) in [5, 5.41) is 11.9. The molecule has 1 rings (SSSR count). The van der Waals surface area contributed by atoms with Crippen molar-refractivity contribution in [1.29, 1.82) is 5.26 Å². The second-order valence-corrected chi connectivity index (χ2v) is 4.39. The van der Waals surface area contributed by atoms with E-state index in [1.807, 2.05) is 0 Å². The molecule has 0 saturated heterocycles. The maximum absolute atomic E-state index is 8.50. The van der Waals surface area contributed by atoms with Crippen LogP contribution in [0.5, 0.6) is 0 Å². The van der Waals surface area contributed by atoms with Crippen LogP contribution in [0.15, 0.2) is 0 Å². The van der Waals surface area contributed by atoms with E-state index in [4.69, 9.17) is 5.26 Å². The van der Waals surface area contributed by atoms with E-state index >= 15 is 0 Å². The van der Waals surface area contributed by atoms with Crippen LogP contribution in [0, 0.1) is 16.7 Å². The van der Waals surface area contributed by atoms with Gasteiger partial charge in [0.15, 0.2) is 0 Å². The molecule has 0 aromatic rings. The molecule has 0 aliphatic heterocycles. The van der Waals surface area contributed by atoms with Gasteiger partial charge in [0.1, 0.15) is 0 Å². The number of hydrogen-bond donors (Lipinski definition) is 1. The molecule has 1 N–H and O–H groups in total. The molecule has 0 spiro atoms. The molecule has 0 aromatic carbocycles. The Kier molecular flexibility index (Phi) is 3.74. The van der Waals surface area contributed by atoms with Gasteiger partial charge in [-0.2, -0.15) is 5.26 Å². The molecule has 13 heavy (non-hydrogen) atoms. The van der Waals surface area contributed by atoms with Gasteiger partial charge in [-0.3, -0.25) is 0 Å². The summed E-state index contributed by atoms with van der Waals surface area (Å²) in [4.78, 5) is 0. The molecule has 1 aliphatic rings. The van der Waals surface area contributed by atoms with Crippen LogP contribution in [0.3, 0.4) is 0 Å². The van der Waals surface area contributed by atoms with Crippen molar-refractivity contribution < 1.29 is 0 Å². The zero-order chi connectivity index (χ0) is 9.73. The molecule has 0 aromatic heterocycles. The van der Waals surface area contributed by atoms with Crippen molar-refractivity contribution in [2.75, 3.05) is 6.54 Å². The maximum atomic E-state index is 8.50. The van der Waals surface area contributed by atoms with Gasteiger partial charge < -0.3 is 5.32 Å². The molecule has 1 aliphatic carbocycles. The first-order valence-corrected chi connectivity index (χ1v) is 5.33. The number of nitriles is 1. The molecule has 1 fully saturated rings. The largest absolute Gasteiger partial charge is 0.313 e. The third-order valence-corrected chi connectivity index (χ3v) is 2.96. The van der Waals surface area contributed by atoms with Crippen molar-refractivity contribution in [3.05, 3.63) is 0 Å². The van der Waals surface area contributed by atoms with Gasteiger partial charge in [0.2, 0.25) is 0 Å². The molecule has 0 heterocycles. The summed E-state index contributed by atoms with van der Waals surface area (Å²) in [6.07, 6.45) is 6.02. The van der Waals surface area contributed by atoms with Crippen LogP contribution in [0.4, 0.5) is 0 Å². The van der Waals surface area contributed by atoms with Gasteiger partial charge in [0.25, 0.3) is 0 Å². The predicted molar refractivity (Wildman–Crippen MR) is 54.3 cm³/mol. The summed E-state index contributed by atoms with van der Waals surface area (Å²) in [6.45, 7) is 5.45. The third-order valence-electron chi connectivity index (χ3n) is 2.96. The topological polar surface area (TPSA) is 35.8 Å². The van der Waals surface area contributed by atoms with Crippen molar-refractivity contribution in [3.63, 3.8) is 0 Å². The van der Waals surface area contributed by atoms with Crippen LogP contribution in [0.2, 0.25) is 0 Å². The van der Waals surface area contributed by atoms with Crippen molar-refractivity contribution in [2.24, 2.45) is 5.41 Å². The Balaban J connectivity index is 2.15. The first-order valence-electron chi connectivity index (χ1n) is 5.33. The highest BCUT2D eigenvalue weighted by molar-refractivity contribution is 4.95. The van der Waals surface area contributed by atoms with Crippen LogP contribution in [0.25, 0.3) is 0 Å². The monoisotopic (exact) mass is 180 g/mol. The number of nitrogens with one attached hydrogen (secondary N) is 1. The second-order valence-electron chi connectivity index (χ2n) is 4.39. The molecule has 1 unspecified atom stereocenters. The van der Waals surface area contributed by atoms with Gasteiger partial charge in [-0.1, -0.05) is 13.3 Å². The highest BCUT2D eigenvalue weighted by Gasteiger charge is 2.40. The lowest BCUT2D eigenvalue weighted by molar-refractivity contribution is 0.395. The number of rotatable bonds is 6. The zero-order valence-electron chi connectivity index (χ0n) is 8.77. The van der Waals surface area contributed by atoms with Crippen molar-refractivity contribution in [3.8, 4) is 6.07 Å². The lowest BCUT2D eigenvalue weighted by Gasteiger charge is -2.17. The Labute approximate surface area is 81.3 Å². The van der Waals surface area contributed by atoms with Crippen LogP contribution >= 0.6 is 0 Å². The Morgan fingerprint density at radius 3 is 2.69 bits per heavy atom. The maximum Gasteiger partial charge on any atom is 0.0638 e. The van der Waals surface area contributed by atoms with E-state index in [-0.39, 0.29) is 0 Å². The SMILES string of the molecule is CCCC1(CNC(C)CC#N)CC1. The van der Waals surface area contributed by atoms with Crippen LogP contribution in [-0.2, 0) is 0 Å². The summed E-state index contributed by atoms with van der Waals surface area (Å²) in [6, 6.07) is 2.55. The molecule has 0 amide bonds. The van der Waals surface area contributed by atoms with Crippen molar-refractivity contribution >= 4 is 0 Å². The quantitative estimate of drug-likeness (QED) is 0.681. The first kappa shape index (κ1) is 10.5. The van der Waals surface area contributed by atoms with E-state index in [1.165, 1.54) is 25.7 Å². The van der Waals surface area contributed by atoms with E-state index in [9.17, 15) is 0 Å². The minimum Gasteiger partial charge on any atom is -0.313 e. The molecule has 1 saturated carbocycles. The van der Waals surface area contributed by atoms with Gasteiger partial charge >= 0.3 is 0 Å². The number of hydrogen-bond acceptors (Lipinski definition) is 2. The summed E-state index contributed by atoms with van der Waals surface area (Å²) in [5.41, 5.74) is 0.610. The van der Waals surface area contributed by atoms with Gasteiger partial charge in [0.05, 0.1) is 12.5 Å². The minimum atomic E-state index is 0.360. The second kappa shape index (κ2) is 4.62. The van der Waals surface area contributed by atoms with E-state index in [0.29, 0.717) is 17.9 Å². The molecule has 1 atom stereocenters. The Morgan fingerprint density at radius 1 is 1.54 bits per heavy atom. The molecule has 2 nitrogen and oxygen atoms in total. The molecular formula is C11H20N2. The minimum absolute atomic E-state index is 0.360. The standard InChI is InChI=1S/C11H20N2/c1-3-5-11(6-7-11)9-13-10(2)4-8-12/h10,13H,3-7,9H2,1-2H3. The third kappa shape index (κ3) is 3.36. The fraction of sp³-hybridized carbons (Fsp3) is 0.909. The predicted octanol–water partition coefficient (Wildman–Crippen LogP) is 2.46.